The SMILES string of the molecule is CNC(=O)C1CCC(c2nc(C)cc(C)n2)CC1. The number of aromatic nitrogens is 2. The van der Waals surface area contributed by atoms with E-state index in [-0.39, 0.29) is 11.8 Å². The summed E-state index contributed by atoms with van der Waals surface area (Å²) < 4.78 is 0. The first-order valence-corrected chi connectivity index (χ1v) is 6.64. The van der Waals surface area contributed by atoms with Crippen LogP contribution in [0.2, 0.25) is 0 Å². The number of nitrogens with one attached hydrogen (secondary N) is 1. The highest BCUT2D eigenvalue weighted by atomic mass is 16.1. The zero-order valence-electron chi connectivity index (χ0n) is 11.4. The van der Waals surface area contributed by atoms with Gasteiger partial charge in [0, 0.05) is 30.3 Å². The second-order valence-corrected chi connectivity index (χ2v) is 5.17. The maximum Gasteiger partial charge on any atom is 0.222 e. The molecule has 1 N–H and O–H groups in total. The van der Waals surface area contributed by atoms with E-state index in [9.17, 15) is 4.79 Å². The van der Waals surface area contributed by atoms with Crippen molar-refractivity contribution in [3.8, 4) is 0 Å². The van der Waals surface area contributed by atoms with E-state index >= 15 is 0 Å². The summed E-state index contributed by atoms with van der Waals surface area (Å²) in [6.07, 6.45) is 3.92. The van der Waals surface area contributed by atoms with E-state index in [4.69, 9.17) is 0 Å². The molecule has 1 heterocycles. The number of hydrogen-bond donors (Lipinski definition) is 1. The van der Waals surface area contributed by atoms with Crippen molar-refractivity contribution in [1.82, 2.24) is 15.3 Å². The van der Waals surface area contributed by atoms with Gasteiger partial charge in [0.2, 0.25) is 5.91 Å². The molecule has 0 radical (unpaired) electrons. The lowest BCUT2D eigenvalue weighted by Crippen LogP contribution is -2.30. The molecule has 0 spiro atoms. The summed E-state index contributed by atoms with van der Waals surface area (Å²) in [6, 6.07) is 2.00. The molecular formula is C14H21N3O. The second kappa shape index (κ2) is 5.46. The fraction of sp³-hybridized carbons (Fsp3) is 0.643. The lowest BCUT2D eigenvalue weighted by Gasteiger charge is -2.26. The first-order chi connectivity index (χ1) is 8.60. The van der Waals surface area contributed by atoms with Crippen LogP contribution in [0.25, 0.3) is 0 Å². The van der Waals surface area contributed by atoms with Crippen LogP contribution in [0, 0.1) is 19.8 Å². The van der Waals surface area contributed by atoms with E-state index in [0.717, 1.165) is 42.9 Å². The monoisotopic (exact) mass is 247 g/mol. The first kappa shape index (κ1) is 13.0. The number of amides is 1. The minimum absolute atomic E-state index is 0.176. The van der Waals surface area contributed by atoms with Gasteiger partial charge in [0.1, 0.15) is 5.82 Å². The molecule has 98 valence electrons. The topological polar surface area (TPSA) is 54.9 Å². The van der Waals surface area contributed by atoms with Crippen LogP contribution in [-0.2, 0) is 4.79 Å². The summed E-state index contributed by atoms with van der Waals surface area (Å²) in [5.74, 6) is 1.74. The van der Waals surface area contributed by atoms with Crippen molar-refractivity contribution in [2.75, 3.05) is 7.05 Å². The third-order valence-electron chi connectivity index (χ3n) is 3.71. The summed E-state index contributed by atoms with van der Waals surface area (Å²) >= 11 is 0. The largest absolute Gasteiger partial charge is 0.359 e. The highest BCUT2D eigenvalue weighted by Gasteiger charge is 2.27. The van der Waals surface area contributed by atoms with E-state index in [1.165, 1.54) is 0 Å². The van der Waals surface area contributed by atoms with Gasteiger partial charge in [0.25, 0.3) is 0 Å². The van der Waals surface area contributed by atoms with Gasteiger partial charge in [-0.05, 0) is 45.6 Å². The van der Waals surface area contributed by atoms with Crippen LogP contribution in [-0.4, -0.2) is 22.9 Å². The normalized spacial score (nSPS) is 23.7. The molecule has 1 aliphatic rings. The van der Waals surface area contributed by atoms with Crippen LogP contribution in [0.4, 0.5) is 0 Å². The highest BCUT2D eigenvalue weighted by Crippen LogP contribution is 2.34. The number of aryl methyl sites for hydroxylation is 2. The van der Waals surface area contributed by atoms with Crippen LogP contribution in [0.5, 0.6) is 0 Å². The fourth-order valence-electron chi connectivity index (χ4n) is 2.75. The van der Waals surface area contributed by atoms with Crippen molar-refractivity contribution in [1.29, 1.82) is 0 Å². The van der Waals surface area contributed by atoms with Crippen LogP contribution in [0.1, 0.15) is 48.8 Å². The Labute approximate surface area is 108 Å². The van der Waals surface area contributed by atoms with E-state index < -0.39 is 0 Å². The Morgan fingerprint density at radius 1 is 1.17 bits per heavy atom. The Bertz CT molecular complexity index is 416. The molecule has 1 saturated carbocycles. The molecule has 1 aromatic heterocycles. The molecule has 1 fully saturated rings. The van der Waals surface area contributed by atoms with Crippen molar-refractivity contribution in [2.24, 2.45) is 5.92 Å². The molecule has 2 rings (SSSR count). The summed E-state index contributed by atoms with van der Waals surface area (Å²) in [5, 5.41) is 2.74. The van der Waals surface area contributed by atoms with Gasteiger partial charge in [-0.25, -0.2) is 9.97 Å². The maximum atomic E-state index is 11.6. The molecule has 0 aromatic carbocycles. The Hall–Kier alpha value is -1.45. The van der Waals surface area contributed by atoms with Gasteiger partial charge < -0.3 is 5.32 Å². The van der Waals surface area contributed by atoms with Gasteiger partial charge in [0.05, 0.1) is 0 Å². The zero-order chi connectivity index (χ0) is 13.1. The molecule has 4 nitrogen and oxygen atoms in total. The van der Waals surface area contributed by atoms with E-state index in [0.29, 0.717) is 5.92 Å². The van der Waals surface area contributed by atoms with E-state index in [1.54, 1.807) is 7.05 Å². The molecule has 4 heteroatoms. The Kier molecular flexibility index (Phi) is 3.94. The molecule has 0 unspecified atom stereocenters. The molecule has 0 aliphatic heterocycles. The standard InChI is InChI=1S/C14H21N3O/c1-9-8-10(2)17-13(16-9)11-4-6-12(7-5-11)14(18)15-3/h8,11-12H,4-7H2,1-3H3,(H,15,18). The number of hydrogen-bond acceptors (Lipinski definition) is 3. The molecule has 0 saturated heterocycles. The third kappa shape index (κ3) is 2.86. The average Bonchev–Trinajstić information content (AvgIpc) is 2.37. The molecule has 1 aliphatic carbocycles. The van der Waals surface area contributed by atoms with Gasteiger partial charge in [-0.2, -0.15) is 0 Å². The molecule has 0 bridgehead atoms. The van der Waals surface area contributed by atoms with Gasteiger partial charge >= 0.3 is 0 Å². The smallest absolute Gasteiger partial charge is 0.222 e. The summed E-state index contributed by atoms with van der Waals surface area (Å²) in [5.41, 5.74) is 2.07. The number of rotatable bonds is 2. The van der Waals surface area contributed by atoms with Gasteiger partial charge in [0.15, 0.2) is 0 Å². The van der Waals surface area contributed by atoms with Crippen molar-refractivity contribution in [2.45, 2.75) is 45.4 Å². The third-order valence-corrected chi connectivity index (χ3v) is 3.71. The Morgan fingerprint density at radius 3 is 2.22 bits per heavy atom. The molecule has 18 heavy (non-hydrogen) atoms. The number of carbonyl (C=O) groups excluding carboxylic acids is 1. The molecular weight excluding hydrogens is 226 g/mol. The lowest BCUT2D eigenvalue weighted by atomic mass is 9.81. The van der Waals surface area contributed by atoms with Crippen LogP contribution in [0.3, 0.4) is 0 Å². The summed E-state index contributed by atoms with van der Waals surface area (Å²) in [4.78, 5) is 20.6. The first-order valence-electron chi connectivity index (χ1n) is 6.64. The predicted molar refractivity (Wildman–Crippen MR) is 70.3 cm³/mol. The molecule has 0 atom stereocenters. The van der Waals surface area contributed by atoms with Gasteiger partial charge in [-0.3, -0.25) is 4.79 Å². The van der Waals surface area contributed by atoms with Crippen LogP contribution >= 0.6 is 0 Å². The minimum Gasteiger partial charge on any atom is -0.359 e. The van der Waals surface area contributed by atoms with Crippen LogP contribution < -0.4 is 5.32 Å². The fourth-order valence-corrected chi connectivity index (χ4v) is 2.75. The van der Waals surface area contributed by atoms with E-state index in [2.05, 4.69) is 15.3 Å². The summed E-state index contributed by atoms with van der Waals surface area (Å²) in [7, 11) is 1.71. The Balaban J connectivity index is 2.03. The van der Waals surface area contributed by atoms with Gasteiger partial charge in [-0.15, -0.1) is 0 Å². The molecule has 1 amide bonds. The average molecular weight is 247 g/mol. The van der Waals surface area contributed by atoms with Crippen LogP contribution in [0.15, 0.2) is 6.07 Å². The lowest BCUT2D eigenvalue weighted by molar-refractivity contribution is -0.125. The van der Waals surface area contributed by atoms with Gasteiger partial charge in [-0.1, -0.05) is 0 Å². The minimum atomic E-state index is 0.176. The molecule has 1 aromatic rings. The predicted octanol–water partition coefficient (Wildman–Crippen LogP) is 2.11. The maximum absolute atomic E-state index is 11.6. The van der Waals surface area contributed by atoms with Crippen molar-refractivity contribution in [3.05, 3.63) is 23.3 Å². The van der Waals surface area contributed by atoms with E-state index in [1.807, 2.05) is 19.9 Å². The zero-order valence-corrected chi connectivity index (χ0v) is 11.4. The Morgan fingerprint density at radius 2 is 1.72 bits per heavy atom. The van der Waals surface area contributed by atoms with Crippen molar-refractivity contribution >= 4 is 5.91 Å². The highest BCUT2D eigenvalue weighted by molar-refractivity contribution is 5.78. The van der Waals surface area contributed by atoms with Crippen molar-refractivity contribution < 1.29 is 4.79 Å². The second-order valence-electron chi connectivity index (χ2n) is 5.17. The number of nitrogens with zero attached hydrogens (tertiary/aromatic N) is 2. The van der Waals surface area contributed by atoms with Crippen molar-refractivity contribution in [3.63, 3.8) is 0 Å². The quantitative estimate of drug-likeness (QED) is 0.871. The number of carbonyl (C=O) groups is 1. The summed E-state index contributed by atoms with van der Waals surface area (Å²) in [6.45, 7) is 4.02.